The minimum atomic E-state index is -0.517. The quantitative estimate of drug-likeness (QED) is 0.576. The lowest BCUT2D eigenvalue weighted by Crippen LogP contribution is -2.23. The monoisotopic (exact) mass is 371 g/mol. The summed E-state index contributed by atoms with van der Waals surface area (Å²) < 4.78 is 1.39. The SMILES string of the molecule is O=C(Nc1cnc2ccccc2c1)c1cn(Cc2ccccc2)c(=O)cc1O. The van der Waals surface area contributed by atoms with E-state index in [4.69, 9.17) is 0 Å². The number of aromatic hydroxyl groups is 1. The molecule has 6 nitrogen and oxygen atoms in total. The van der Waals surface area contributed by atoms with Crippen molar-refractivity contribution in [1.29, 1.82) is 0 Å². The number of nitrogens with zero attached hydrogens (tertiary/aromatic N) is 2. The summed E-state index contributed by atoms with van der Waals surface area (Å²) in [5.41, 5.74) is 1.87. The van der Waals surface area contributed by atoms with Gasteiger partial charge in [-0.05, 0) is 17.7 Å². The number of nitrogens with one attached hydrogen (secondary N) is 1. The van der Waals surface area contributed by atoms with Gasteiger partial charge in [0.1, 0.15) is 5.75 Å². The number of carbonyl (C=O) groups is 1. The Bertz CT molecular complexity index is 1220. The summed E-state index contributed by atoms with van der Waals surface area (Å²) in [6, 6.07) is 19.8. The minimum Gasteiger partial charge on any atom is -0.507 e. The van der Waals surface area contributed by atoms with E-state index in [0.717, 1.165) is 22.5 Å². The Morgan fingerprint density at radius 1 is 1.04 bits per heavy atom. The van der Waals surface area contributed by atoms with Gasteiger partial charge in [-0.3, -0.25) is 14.6 Å². The third-order valence-corrected chi connectivity index (χ3v) is 4.39. The van der Waals surface area contributed by atoms with E-state index in [9.17, 15) is 14.7 Å². The number of hydrogen-bond acceptors (Lipinski definition) is 4. The number of carbonyl (C=O) groups excluding carboxylic acids is 1. The number of fused-ring (bicyclic) bond motifs is 1. The fourth-order valence-corrected chi connectivity index (χ4v) is 2.98. The van der Waals surface area contributed by atoms with Crippen LogP contribution in [0.15, 0.2) is 83.9 Å². The molecule has 0 unspecified atom stereocenters. The molecule has 4 aromatic rings. The topological polar surface area (TPSA) is 84.2 Å². The summed E-state index contributed by atoms with van der Waals surface area (Å²) >= 11 is 0. The van der Waals surface area contributed by atoms with E-state index in [1.54, 1.807) is 12.3 Å². The molecule has 0 spiro atoms. The number of para-hydroxylation sites is 1. The lowest BCUT2D eigenvalue weighted by atomic mass is 10.2. The third kappa shape index (κ3) is 3.61. The van der Waals surface area contributed by atoms with E-state index in [2.05, 4.69) is 10.3 Å². The first kappa shape index (κ1) is 17.5. The van der Waals surface area contributed by atoms with Crippen LogP contribution in [0.2, 0.25) is 0 Å². The molecule has 138 valence electrons. The van der Waals surface area contributed by atoms with Gasteiger partial charge in [0, 0.05) is 17.6 Å². The second kappa shape index (κ2) is 7.36. The van der Waals surface area contributed by atoms with Crippen molar-refractivity contribution in [1.82, 2.24) is 9.55 Å². The van der Waals surface area contributed by atoms with Gasteiger partial charge in [-0.1, -0.05) is 48.5 Å². The predicted molar refractivity (Wildman–Crippen MR) is 108 cm³/mol. The molecule has 2 aromatic heterocycles. The van der Waals surface area contributed by atoms with Gasteiger partial charge in [0.15, 0.2) is 0 Å². The normalized spacial score (nSPS) is 10.7. The van der Waals surface area contributed by atoms with Crippen molar-refractivity contribution < 1.29 is 9.90 Å². The first-order valence-electron chi connectivity index (χ1n) is 8.74. The molecule has 28 heavy (non-hydrogen) atoms. The van der Waals surface area contributed by atoms with Crippen LogP contribution in [0.4, 0.5) is 5.69 Å². The van der Waals surface area contributed by atoms with Gasteiger partial charge in [-0.15, -0.1) is 0 Å². The fraction of sp³-hybridized carbons (Fsp3) is 0.0455. The highest BCUT2D eigenvalue weighted by Crippen LogP contribution is 2.19. The lowest BCUT2D eigenvalue weighted by molar-refractivity contribution is 0.102. The molecular weight excluding hydrogens is 354 g/mol. The highest BCUT2D eigenvalue weighted by Gasteiger charge is 2.15. The first-order valence-corrected chi connectivity index (χ1v) is 8.74. The van der Waals surface area contributed by atoms with Gasteiger partial charge in [0.25, 0.3) is 11.5 Å². The maximum absolute atomic E-state index is 12.7. The van der Waals surface area contributed by atoms with E-state index in [-0.39, 0.29) is 16.9 Å². The molecule has 2 N–H and O–H groups in total. The van der Waals surface area contributed by atoms with Crippen molar-refractivity contribution in [3.05, 3.63) is 101 Å². The summed E-state index contributed by atoms with van der Waals surface area (Å²) in [6.45, 7) is 0.303. The van der Waals surface area contributed by atoms with Gasteiger partial charge < -0.3 is 15.0 Å². The van der Waals surface area contributed by atoms with Crippen LogP contribution in [0.25, 0.3) is 10.9 Å². The summed E-state index contributed by atoms with van der Waals surface area (Å²) in [4.78, 5) is 29.2. The second-order valence-corrected chi connectivity index (χ2v) is 6.39. The van der Waals surface area contributed by atoms with Crippen molar-refractivity contribution >= 4 is 22.5 Å². The van der Waals surface area contributed by atoms with Crippen molar-refractivity contribution in [2.75, 3.05) is 5.32 Å². The van der Waals surface area contributed by atoms with Crippen LogP contribution in [0, 0.1) is 0 Å². The highest BCUT2D eigenvalue weighted by atomic mass is 16.3. The van der Waals surface area contributed by atoms with E-state index < -0.39 is 5.91 Å². The summed E-state index contributed by atoms with van der Waals surface area (Å²) in [7, 11) is 0. The first-order chi connectivity index (χ1) is 13.6. The maximum Gasteiger partial charge on any atom is 0.260 e. The van der Waals surface area contributed by atoms with Crippen LogP contribution in [-0.4, -0.2) is 20.6 Å². The number of anilines is 1. The number of rotatable bonds is 4. The van der Waals surface area contributed by atoms with E-state index in [1.807, 2.05) is 54.6 Å². The van der Waals surface area contributed by atoms with Crippen LogP contribution in [0.1, 0.15) is 15.9 Å². The molecule has 1 amide bonds. The molecule has 0 radical (unpaired) electrons. The number of amides is 1. The van der Waals surface area contributed by atoms with Crippen LogP contribution < -0.4 is 10.9 Å². The zero-order valence-electron chi connectivity index (χ0n) is 14.9. The Hall–Kier alpha value is -3.93. The van der Waals surface area contributed by atoms with Crippen LogP contribution in [-0.2, 0) is 6.54 Å². The Morgan fingerprint density at radius 2 is 1.79 bits per heavy atom. The van der Waals surface area contributed by atoms with Crippen LogP contribution >= 0.6 is 0 Å². The molecule has 0 fully saturated rings. The Balaban J connectivity index is 1.62. The molecule has 4 rings (SSSR count). The van der Waals surface area contributed by atoms with Gasteiger partial charge in [0.05, 0.1) is 29.5 Å². The highest BCUT2D eigenvalue weighted by molar-refractivity contribution is 6.06. The smallest absolute Gasteiger partial charge is 0.260 e. The van der Waals surface area contributed by atoms with Gasteiger partial charge in [0.2, 0.25) is 0 Å². The van der Waals surface area contributed by atoms with Gasteiger partial charge in [-0.25, -0.2) is 0 Å². The van der Waals surface area contributed by atoms with Crippen molar-refractivity contribution in [3.8, 4) is 5.75 Å². The molecule has 0 aliphatic carbocycles. The van der Waals surface area contributed by atoms with Crippen molar-refractivity contribution in [2.24, 2.45) is 0 Å². The Kier molecular flexibility index (Phi) is 4.60. The van der Waals surface area contributed by atoms with E-state index in [1.165, 1.54) is 10.8 Å². The molecule has 0 saturated heterocycles. The third-order valence-electron chi connectivity index (χ3n) is 4.39. The number of benzene rings is 2. The zero-order valence-corrected chi connectivity index (χ0v) is 14.9. The molecule has 0 atom stereocenters. The van der Waals surface area contributed by atoms with Gasteiger partial charge >= 0.3 is 0 Å². The van der Waals surface area contributed by atoms with E-state index in [0.29, 0.717) is 12.2 Å². The maximum atomic E-state index is 12.7. The summed E-state index contributed by atoms with van der Waals surface area (Å²) in [5, 5.41) is 13.7. The largest absolute Gasteiger partial charge is 0.507 e. The number of hydrogen-bond donors (Lipinski definition) is 2. The zero-order chi connectivity index (χ0) is 19.5. The number of pyridine rings is 2. The molecular formula is C22H17N3O3. The number of aromatic nitrogens is 2. The van der Waals surface area contributed by atoms with E-state index >= 15 is 0 Å². The second-order valence-electron chi connectivity index (χ2n) is 6.39. The molecule has 0 aliphatic heterocycles. The molecule has 2 aromatic carbocycles. The average molecular weight is 371 g/mol. The summed E-state index contributed by atoms with van der Waals surface area (Å²) in [5.74, 6) is -0.878. The lowest BCUT2D eigenvalue weighted by Gasteiger charge is -2.11. The molecule has 0 bridgehead atoms. The Morgan fingerprint density at radius 3 is 2.61 bits per heavy atom. The summed E-state index contributed by atoms with van der Waals surface area (Å²) in [6.07, 6.45) is 2.92. The Labute approximate surface area is 160 Å². The standard InChI is InChI=1S/C22H17N3O3/c26-20-11-21(27)25(13-15-6-2-1-3-7-15)14-18(20)22(28)24-17-10-16-8-4-5-9-19(16)23-12-17/h1-12,14,26H,13H2,(H,24,28). The average Bonchev–Trinajstić information content (AvgIpc) is 2.70. The predicted octanol–water partition coefficient (Wildman–Crippen LogP) is 3.40. The molecule has 6 heteroatoms. The van der Waals surface area contributed by atoms with Crippen LogP contribution in [0.5, 0.6) is 5.75 Å². The van der Waals surface area contributed by atoms with Gasteiger partial charge in [-0.2, -0.15) is 0 Å². The fourth-order valence-electron chi connectivity index (χ4n) is 2.98. The van der Waals surface area contributed by atoms with Crippen molar-refractivity contribution in [3.63, 3.8) is 0 Å². The minimum absolute atomic E-state index is 0.0173. The molecule has 2 heterocycles. The van der Waals surface area contributed by atoms with Crippen molar-refractivity contribution in [2.45, 2.75) is 6.54 Å². The molecule has 0 saturated carbocycles. The van der Waals surface area contributed by atoms with Crippen LogP contribution in [0.3, 0.4) is 0 Å². The molecule has 0 aliphatic rings.